The molecule has 6 nitrogen and oxygen atoms in total. The van der Waals surface area contributed by atoms with Gasteiger partial charge in [0.1, 0.15) is 6.04 Å². The molecule has 3 aliphatic rings. The van der Waals surface area contributed by atoms with Crippen LogP contribution < -0.4 is 0 Å². The van der Waals surface area contributed by atoms with E-state index in [1.807, 2.05) is 35.2 Å². The quantitative estimate of drug-likeness (QED) is 0.675. The van der Waals surface area contributed by atoms with E-state index in [1.165, 1.54) is 36.2 Å². The lowest BCUT2D eigenvalue weighted by Gasteiger charge is -2.39. The molecule has 1 aromatic heterocycles. The van der Waals surface area contributed by atoms with Gasteiger partial charge < -0.3 is 10.0 Å². The average Bonchev–Trinajstić information content (AvgIpc) is 2.90. The smallest absolute Gasteiger partial charge is 0.325 e. The number of fused-ring (bicyclic) bond motifs is 1. The van der Waals surface area contributed by atoms with Crippen LogP contribution in [-0.2, 0) is 28.9 Å². The number of carboxylic acids is 1. The minimum Gasteiger partial charge on any atom is -0.480 e. The van der Waals surface area contributed by atoms with Gasteiger partial charge in [0.15, 0.2) is 0 Å². The predicted octanol–water partition coefficient (Wildman–Crippen LogP) is 4.28. The second-order valence-electron chi connectivity index (χ2n) is 10.5. The second kappa shape index (κ2) is 10.9. The van der Waals surface area contributed by atoms with Crippen molar-refractivity contribution in [2.45, 2.75) is 63.8 Å². The van der Waals surface area contributed by atoms with E-state index in [4.69, 9.17) is 4.98 Å². The van der Waals surface area contributed by atoms with Gasteiger partial charge in [-0.15, -0.1) is 0 Å². The first-order valence-corrected chi connectivity index (χ1v) is 13.4. The summed E-state index contributed by atoms with van der Waals surface area (Å²) in [6, 6.07) is 13.3. The summed E-state index contributed by atoms with van der Waals surface area (Å²) in [6.07, 6.45) is 9.39. The predicted molar refractivity (Wildman–Crippen MR) is 135 cm³/mol. The molecule has 0 saturated carbocycles. The summed E-state index contributed by atoms with van der Waals surface area (Å²) in [5.74, 6) is 0.0469. The number of carbonyl (C=O) groups is 2. The number of rotatable bonds is 6. The molecule has 1 amide bonds. The molecule has 1 aromatic carbocycles. The largest absolute Gasteiger partial charge is 0.480 e. The van der Waals surface area contributed by atoms with Crippen molar-refractivity contribution in [3.05, 3.63) is 65.0 Å². The lowest BCUT2D eigenvalue weighted by Crippen LogP contribution is -2.47. The minimum atomic E-state index is -0.823. The molecule has 2 aromatic rings. The van der Waals surface area contributed by atoms with Crippen LogP contribution in [0.1, 0.15) is 67.1 Å². The summed E-state index contributed by atoms with van der Waals surface area (Å²) >= 11 is 0. The van der Waals surface area contributed by atoms with Crippen LogP contribution in [0.2, 0.25) is 0 Å². The zero-order chi connectivity index (χ0) is 24.2. The van der Waals surface area contributed by atoms with Gasteiger partial charge in [0.2, 0.25) is 5.91 Å². The number of likely N-dealkylation sites (tertiary alicyclic amines) is 2. The fraction of sp³-hybridized carbons (Fsp3) is 0.552. The third-order valence-electron chi connectivity index (χ3n) is 8.25. The summed E-state index contributed by atoms with van der Waals surface area (Å²) in [6.45, 7) is 2.94. The van der Waals surface area contributed by atoms with Crippen molar-refractivity contribution >= 4 is 11.9 Å². The molecule has 1 atom stereocenters. The van der Waals surface area contributed by atoms with Gasteiger partial charge in [0.25, 0.3) is 0 Å². The number of pyridine rings is 1. The molecule has 6 heteroatoms. The third kappa shape index (κ3) is 5.58. The zero-order valence-electron chi connectivity index (χ0n) is 20.6. The van der Waals surface area contributed by atoms with Gasteiger partial charge in [-0.25, -0.2) is 0 Å². The van der Waals surface area contributed by atoms with Crippen molar-refractivity contribution in [3.8, 4) is 0 Å². The molecule has 2 saturated heterocycles. The highest BCUT2D eigenvalue weighted by Crippen LogP contribution is 2.30. The maximum Gasteiger partial charge on any atom is 0.325 e. The third-order valence-corrected chi connectivity index (χ3v) is 8.25. The number of benzene rings is 1. The Bertz CT molecular complexity index is 1020. The van der Waals surface area contributed by atoms with Gasteiger partial charge >= 0.3 is 5.97 Å². The number of carbonyl (C=O) groups excluding carboxylic acids is 1. The number of piperidine rings is 2. The number of carboxylic acid groups (broad SMARTS) is 1. The molecule has 2 aliphatic heterocycles. The van der Waals surface area contributed by atoms with Crippen LogP contribution in [0.4, 0.5) is 0 Å². The molecular formula is C29H37N3O3. The van der Waals surface area contributed by atoms with Crippen molar-refractivity contribution in [1.82, 2.24) is 14.8 Å². The van der Waals surface area contributed by atoms with Crippen molar-refractivity contribution in [3.63, 3.8) is 0 Å². The highest BCUT2D eigenvalue weighted by molar-refractivity contribution is 5.79. The minimum absolute atomic E-state index is 0.00957. The maximum atomic E-state index is 13.2. The van der Waals surface area contributed by atoms with Gasteiger partial charge in [0, 0.05) is 43.5 Å². The summed E-state index contributed by atoms with van der Waals surface area (Å²) in [5.41, 5.74) is 4.77. The van der Waals surface area contributed by atoms with E-state index >= 15 is 0 Å². The monoisotopic (exact) mass is 475 g/mol. The van der Waals surface area contributed by atoms with Gasteiger partial charge in [-0.3, -0.25) is 19.5 Å². The number of nitrogens with zero attached hydrogens (tertiary/aromatic N) is 3. The molecule has 186 valence electrons. The molecule has 0 spiro atoms. The molecule has 3 heterocycles. The lowest BCUT2D eigenvalue weighted by atomic mass is 9.88. The summed E-state index contributed by atoms with van der Waals surface area (Å²) < 4.78 is 0. The lowest BCUT2D eigenvalue weighted by molar-refractivity contribution is -0.145. The van der Waals surface area contributed by atoms with Gasteiger partial charge in [-0.1, -0.05) is 36.4 Å². The molecule has 1 aliphatic carbocycles. The Labute approximate surface area is 208 Å². The molecule has 0 unspecified atom stereocenters. The Morgan fingerprint density at radius 2 is 1.63 bits per heavy atom. The topological polar surface area (TPSA) is 73.7 Å². The molecule has 0 radical (unpaired) electrons. The molecular weight excluding hydrogens is 438 g/mol. The molecule has 5 rings (SSSR count). The fourth-order valence-electron chi connectivity index (χ4n) is 6.20. The van der Waals surface area contributed by atoms with Crippen LogP contribution >= 0.6 is 0 Å². The van der Waals surface area contributed by atoms with E-state index in [-0.39, 0.29) is 11.8 Å². The van der Waals surface area contributed by atoms with Crippen LogP contribution in [0.25, 0.3) is 0 Å². The van der Waals surface area contributed by atoms with Gasteiger partial charge in [-0.05, 0) is 80.9 Å². The average molecular weight is 476 g/mol. The van der Waals surface area contributed by atoms with Gasteiger partial charge in [0.05, 0.1) is 0 Å². The Morgan fingerprint density at radius 3 is 2.34 bits per heavy atom. The van der Waals surface area contributed by atoms with Crippen LogP contribution in [0, 0.1) is 11.8 Å². The van der Waals surface area contributed by atoms with E-state index in [9.17, 15) is 14.7 Å². The molecule has 1 N–H and O–H groups in total. The Balaban J connectivity index is 1.10. The van der Waals surface area contributed by atoms with Crippen LogP contribution in [0.5, 0.6) is 0 Å². The number of hydrogen-bond acceptors (Lipinski definition) is 4. The summed E-state index contributed by atoms with van der Waals surface area (Å²) in [7, 11) is 0. The van der Waals surface area contributed by atoms with Crippen molar-refractivity contribution < 1.29 is 14.7 Å². The second-order valence-corrected chi connectivity index (χ2v) is 10.5. The Morgan fingerprint density at radius 1 is 0.914 bits per heavy atom. The van der Waals surface area contributed by atoms with Crippen LogP contribution in [0.15, 0.2) is 42.5 Å². The number of amides is 1. The van der Waals surface area contributed by atoms with Crippen LogP contribution in [-0.4, -0.2) is 57.9 Å². The van der Waals surface area contributed by atoms with Crippen molar-refractivity contribution in [2.75, 3.05) is 26.2 Å². The van der Waals surface area contributed by atoms with Crippen LogP contribution in [0.3, 0.4) is 0 Å². The number of hydrogen-bond donors (Lipinski definition) is 1. The van der Waals surface area contributed by atoms with E-state index in [1.54, 1.807) is 0 Å². The molecule has 2 fully saturated rings. The van der Waals surface area contributed by atoms with E-state index in [2.05, 4.69) is 17.0 Å². The van der Waals surface area contributed by atoms with Crippen molar-refractivity contribution in [1.29, 1.82) is 0 Å². The normalized spacial score (nSPS) is 20.9. The number of aryl methyl sites for hydroxylation is 2. The van der Waals surface area contributed by atoms with E-state index in [0.717, 1.165) is 57.2 Å². The first-order chi connectivity index (χ1) is 17.1. The molecule has 35 heavy (non-hydrogen) atoms. The SMILES string of the molecule is O=C(O)[C@H](c1ccccc1)N1CCC(C(=O)N2CCC(Cc3ccc4c(n3)CCCC4)CC2)CC1. The number of aliphatic carboxylic acids is 1. The highest BCUT2D eigenvalue weighted by Gasteiger charge is 2.35. The standard InChI is InChI=1S/C29H37N3O3/c33-28(24-14-18-31(19-15-24)27(29(34)35)23-7-2-1-3-8-23)32-16-12-21(13-17-32)20-25-11-10-22-6-4-5-9-26(22)30-25/h1-3,7-8,10-11,21,24,27H,4-6,9,12-20H2,(H,34,35)/t27-/m0/s1. The summed E-state index contributed by atoms with van der Waals surface area (Å²) in [5, 5.41) is 9.83. The highest BCUT2D eigenvalue weighted by atomic mass is 16.4. The Hall–Kier alpha value is -2.73. The zero-order valence-corrected chi connectivity index (χ0v) is 20.6. The van der Waals surface area contributed by atoms with E-state index in [0.29, 0.717) is 19.0 Å². The number of aromatic nitrogens is 1. The molecule has 0 bridgehead atoms. The maximum absolute atomic E-state index is 13.2. The first-order valence-electron chi connectivity index (χ1n) is 13.4. The summed E-state index contributed by atoms with van der Waals surface area (Å²) in [4.78, 5) is 34.2. The first kappa shape index (κ1) is 24.0. The van der Waals surface area contributed by atoms with E-state index < -0.39 is 12.0 Å². The van der Waals surface area contributed by atoms with Crippen molar-refractivity contribution in [2.24, 2.45) is 11.8 Å². The van der Waals surface area contributed by atoms with Gasteiger partial charge in [-0.2, -0.15) is 0 Å². The fourth-order valence-corrected chi connectivity index (χ4v) is 6.20. The Kier molecular flexibility index (Phi) is 7.47.